The second-order valence-electron chi connectivity index (χ2n) is 5.24. The third kappa shape index (κ3) is 2.28. The molecule has 0 aromatic heterocycles. The average molecular weight is 244 g/mol. The van der Waals surface area contributed by atoms with Gasteiger partial charge in [0.15, 0.2) is 0 Å². The summed E-state index contributed by atoms with van der Waals surface area (Å²) in [7, 11) is 1.70. The molecule has 1 aliphatic rings. The quantitative estimate of drug-likeness (QED) is 0.882. The van der Waals surface area contributed by atoms with Crippen LogP contribution in [0, 0.1) is 30.6 Å². The summed E-state index contributed by atoms with van der Waals surface area (Å²) >= 11 is 0. The van der Waals surface area contributed by atoms with Crippen molar-refractivity contribution in [1.29, 1.82) is 5.26 Å². The molecular formula is C15H20N2O. The van der Waals surface area contributed by atoms with Gasteiger partial charge in [0.25, 0.3) is 0 Å². The number of hydrogen-bond acceptors (Lipinski definition) is 3. The summed E-state index contributed by atoms with van der Waals surface area (Å²) in [5, 5.41) is 12.6. The lowest BCUT2D eigenvalue weighted by Crippen LogP contribution is -2.35. The molecule has 0 heterocycles. The first-order valence-corrected chi connectivity index (χ1v) is 6.40. The van der Waals surface area contributed by atoms with Gasteiger partial charge in [-0.2, -0.15) is 5.26 Å². The van der Waals surface area contributed by atoms with E-state index >= 15 is 0 Å². The Balaban J connectivity index is 2.09. The molecule has 1 N–H and O–H groups in total. The van der Waals surface area contributed by atoms with Gasteiger partial charge in [0, 0.05) is 12.2 Å². The minimum atomic E-state index is -0.137. The zero-order valence-electron chi connectivity index (χ0n) is 11.3. The van der Waals surface area contributed by atoms with Gasteiger partial charge >= 0.3 is 0 Å². The molecule has 1 aromatic rings. The van der Waals surface area contributed by atoms with Crippen LogP contribution in [0.1, 0.15) is 30.4 Å². The third-order valence-corrected chi connectivity index (χ3v) is 3.84. The Morgan fingerprint density at radius 2 is 1.94 bits per heavy atom. The van der Waals surface area contributed by atoms with Crippen LogP contribution < -0.4 is 10.1 Å². The molecule has 0 radical (unpaired) electrons. The van der Waals surface area contributed by atoms with Crippen LogP contribution in [0.4, 0.5) is 5.69 Å². The maximum Gasteiger partial charge on any atom is 0.124 e. The second kappa shape index (κ2) is 4.89. The Bertz CT molecular complexity index is 461. The first-order chi connectivity index (χ1) is 8.60. The van der Waals surface area contributed by atoms with Gasteiger partial charge in [0.05, 0.1) is 18.6 Å². The van der Waals surface area contributed by atoms with Gasteiger partial charge < -0.3 is 10.1 Å². The van der Waals surface area contributed by atoms with Crippen LogP contribution in [0.25, 0.3) is 0 Å². The largest absolute Gasteiger partial charge is 0.496 e. The van der Waals surface area contributed by atoms with Crippen LogP contribution in [-0.4, -0.2) is 13.7 Å². The number of benzene rings is 1. The van der Waals surface area contributed by atoms with Gasteiger partial charge in [0.1, 0.15) is 5.75 Å². The van der Waals surface area contributed by atoms with Crippen LogP contribution >= 0.6 is 0 Å². The molecule has 0 spiro atoms. The van der Waals surface area contributed by atoms with Crippen LogP contribution in [0.3, 0.4) is 0 Å². The molecular weight excluding hydrogens is 224 g/mol. The van der Waals surface area contributed by atoms with Crippen molar-refractivity contribution in [3.8, 4) is 11.8 Å². The molecule has 0 amide bonds. The van der Waals surface area contributed by atoms with E-state index in [2.05, 4.69) is 23.5 Å². The molecule has 18 heavy (non-hydrogen) atoms. The van der Waals surface area contributed by atoms with E-state index in [-0.39, 0.29) is 5.41 Å². The number of methoxy groups -OCH3 is 1. The maximum absolute atomic E-state index is 9.20. The van der Waals surface area contributed by atoms with Gasteiger partial charge in [-0.05, 0) is 49.9 Å². The summed E-state index contributed by atoms with van der Waals surface area (Å²) in [6, 6.07) is 6.61. The number of nitrogens with zero attached hydrogens (tertiary/aromatic N) is 1. The molecule has 3 nitrogen and oxygen atoms in total. The van der Waals surface area contributed by atoms with Crippen molar-refractivity contribution in [2.75, 3.05) is 19.0 Å². The highest BCUT2D eigenvalue weighted by Gasteiger charge is 2.36. The fourth-order valence-corrected chi connectivity index (χ4v) is 2.58. The van der Waals surface area contributed by atoms with E-state index in [4.69, 9.17) is 4.74 Å². The molecule has 96 valence electrons. The first-order valence-electron chi connectivity index (χ1n) is 6.40. The lowest BCUT2D eigenvalue weighted by Gasteiger charge is -2.35. The zero-order chi connectivity index (χ0) is 13.2. The monoisotopic (exact) mass is 244 g/mol. The van der Waals surface area contributed by atoms with E-state index in [1.54, 1.807) is 7.11 Å². The number of nitrogens with one attached hydrogen (secondary N) is 1. The number of hydrogen-bond donors (Lipinski definition) is 1. The highest BCUT2D eigenvalue weighted by atomic mass is 16.5. The number of ether oxygens (including phenoxy) is 1. The third-order valence-electron chi connectivity index (χ3n) is 3.84. The van der Waals surface area contributed by atoms with Gasteiger partial charge in [-0.15, -0.1) is 0 Å². The van der Waals surface area contributed by atoms with Gasteiger partial charge in [-0.25, -0.2) is 0 Å². The molecule has 0 atom stereocenters. The van der Waals surface area contributed by atoms with Crippen molar-refractivity contribution in [2.24, 2.45) is 5.41 Å². The summed E-state index contributed by atoms with van der Waals surface area (Å²) in [6.45, 7) is 4.83. The normalized spacial score (nSPS) is 16.6. The first kappa shape index (κ1) is 12.8. The lowest BCUT2D eigenvalue weighted by molar-refractivity contribution is 0.233. The second-order valence-corrected chi connectivity index (χ2v) is 5.24. The summed E-state index contributed by atoms with van der Waals surface area (Å²) in [4.78, 5) is 0. The molecule has 0 bridgehead atoms. The van der Waals surface area contributed by atoms with E-state index in [0.29, 0.717) is 0 Å². The summed E-state index contributed by atoms with van der Waals surface area (Å²) in [6.07, 6.45) is 3.21. The minimum absolute atomic E-state index is 0.137. The van der Waals surface area contributed by atoms with Gasteiger partial charge in [-0.1, -0.05) is 6.42 Å². The molecule has 0 unspecified atom stereocenters. The molecule has 2 rings (SSSR count). The van der Waals surface area contributed by atoms with E-state index < -0.39 is 0 Å². The minimum Gasteiger partial charge on any atom is -0.496 e. The fraction of sp³-hybridized carbons (Fsp3) is 0.533. The number of anilines is 1. The standard InChI is InChI=1S/C15H20N2O/c1-11-7-13(8-12(2)14(11)18-3)17-10-15(9-16)5-4-6-15/h7-8,17H,4-6,10H2,1-3H3. The predicted molar refractivity (Wildman–Crippen MR) is 72.9 cm³/mol. The Morgan fingerprint density at radius 1 is 1.33 bits per heavy atom. The number of nitriles is 1. The Morgan fingerprint density at radius 3 is 2.33 bits per heavy atom. The number of aryl methyl sites for hydroxylation is 2. The highest BCUT2D eigenvalue weighted by molar-refractivity contribution is 5.55. The molecule has 1 aliphatic carbocycles. The van der Waals surface area contributed by atoms with Crippen molar-refractivity contribution >= 4 is 5.69 Å². The van der Waals surface area contributed by atoms with Crippen molar-refractivity contribution in [3.63, 3.8) is 0 Å². The van der Waals surface area contributed by atoms with Crippen LogP contribution in [-0.2, 0) is 0 Å². The van der Waals surface area contributed by atoms with Crippen LogP contribution in [0.5, 0.6) is 5.75 Å². The predicted octanol–water partition coefficient (Wildman–Crippen LogP) is 3.42. The molecule has 0 aliphatic heterocycles. The van der Waals surface area contributed by atoms with Gasteiger partial charge in [-0.3, -0.25) is 0 Å². The molecule has 3 heteroatoms. The Kier molecular flexibility index (Phi) is 3.47. The molecule has 0 saturated heterocycles. The van der Waals surface area contributed by atoms with Crippen molar-refractivity contribution < 1.29 is 4.74 Å². The summed E-state index contributed by atoms with van der Waals surface area (Å²) in [5.41, 5.74) is 3.19. The smallest absolute Gasteiger partial charge is 0.124 e. The number of rotatable bonds is 4. The van der Waals surface area contributed by atoms with Crippen molar-refractivity contribution in [2.45, 2.75) is 33.1 Å². The van der Waals surface area contributed by atoms with E-state index in [0.717, 1.165) is 42.0 Å². The Labute approximate surface area is 109 Å². The highest BCUT2D eigenvalue weighted by Crippen LogP contribution is 2.40. The average Bonchev–Trinajstić information content (AvgIpc) is 2.28. The van der Waals surface area contributed by atoms with E-state index in [1.807, 2.05) is 13.8 Å². The Hall–Kier alpha value is -1.69. The SMILES string of the molecule is COc1c(C)cc(NCC2(C#N)CCC2)cc1C. The van der Waals surface area contributed by atoms with Crippen LogP contribution in [0.2, 0.25) is 0 Å². The lowest BCUT2D eigenvalue weighted by atomic mass is 9.70. The van der Waals surface area contributed by atoms with Crippen molar-refractivity contribution in [3.05, 3.63) is 23.3 Å². The topological polar surface area (TPSA) is 45.0 Å². The molecule has 1 fully saturated rings. The van der Waals surface area contributed by atoms with E-state index in [9.17, 15) is 5.26 Å². The van der Waals surface area contributed by atoms with Crippen LogP contribution in [0.15, 0.2) is 12.1 Å². The molecule has 1 saturated carbocycles. The van der Waals surface area contributed by atoms with E-state index in [1.165, 1.54) is 6.42 Å². The van der Waals surface area contributed by atoms with Crippen molar-refractivity contribution in [1.82, 2.24) is 0 Å². The maximum atomic E-state index is 9.20. The summed E-state index contributed by atoms with van der Waals surface area (Å²) in [5.74, 6) is 0.944. The summed E-state index contributed by atoms with van der Waals surface area (Å²) < 4.78 is 5.35. The van der Waals surface area contributed by atoms with Gasteiger partial charge in [0.2, 0.25) is 0 Å². The molecule has 1 aromatic carbocycles. The zero-order valence-corrected chi connectivity index (χ0v) is 11.3. The fourth-order valence-electron chi connectivity index (χ4n) is 2.58.